The van der Waals surface area contributed by atoms with E-state index < -0.39 is 5.25 Å². The van der Waals surface area contributed by atoms with Gasteiger partial charge in [0, 0.05) is 5.69 Å². The predicted octanol–water partition coefficient (Wildman–Crippen LogP) is 3.95. The van der Waals surface area contributed by atoms with Crippen LogP contribution in [0.2, 0.25) is 5.02 Å². The highest BCUT2D eigenvalue weighted by Gasteiger charge is 2.37. The Kier molecular flexibility index (Phi) is 5.38. The van der Waals surface area contributed by atoms with Crippen LogP contribution in [0.15, 0.2) is 47.6 Å². The molecule has 1 amide bonds. The molecule has 2 atom stereocenters. The molecule has 4 rings (SSSR count). The molecular weight excluding hydrogens is 410 g/mol. The van der Waals surface area contributed by atoms with Crippen molar-refractivity contribution in [2.45, 2.75) is 30.3 Å². The zero-order chi connectivity index (χ0) is 20.5. The quantitative estimate of drug-likeness (QED) is 0.653. The second-order valence-electron chi connectivity index (χ2n) is 6.76. The summed E-state index contributed by atoms with van der Waals surface area (Å²) >= 11 is 7.71. The first kappa shape index (κ1) is 19.6. The van der Waals surface area contributed by atoms with Gasteiger partial charge in [-0.3, -0.25) is 4.79 Å². The fourth-order valence-electron chi connectivity index (χ4n) is 3.22. The van der Waals surface area contributed by atoms with Crippen LogP contribution < -0.4 is 15.5 Å². The molecule has 2 aromatic carbocycles. The third-order valence-electron chi connectivity index (χ3n) is 4.68. The average molecular weight is 430 g/mol. The summed E-state index contributed by atoms with van der Waals surface area (Å²) in [4.78, 5) is 13.2. The van der Waals surface area contributed by atoms with Crippen LogP contribution in [0.4, 0.5) is 5.69 Å². The number of thioether (sulfide) groups is 1. The number of aryl methyl sites for hydroxylation is 2. The lowest BCUT2D eigenvalue weighted by atomic mass is 10.0. The number of rotatable bonds is 4. The lowest BCUT2D eigenvalue weighted by Crippen LogP contribution is -2.41. The van der Waals surface area contributed by atoms with Gasteiger partial charge in [0.1, 0.15) is 16.8 Å². The second kappa shape index (κ2) is 7.96. The van der Waals surface area contributed by atoms with Gasteiger partial charge in [0.25, 0.3) is 0 Å². The van der Waals surface area contributed by atoms with Crippen LogP contribution in [0, 0.1) is 13.8 Å². The Morgan fingerprint density at radius 1 is 1.24 bits per heavy atom. The number of hydrogen-bond acceptors (Lipinski definition) is 6. The summed E-state index contributed by atoms with van der Waals surface area (Å²) in [6.45, 7) is 3.84. The van der Waals surface area contributed by atoms with Crippen molar-refractivity contribution in [2.24, 2.45) is 0 Å². The summed E-state index contributed by atoms with van der Waals surface area (Å²) in [6.07, 6.45) is 0. The van der Waals surface area contributed by atoms with E-state index in [0.29, 0.717) is 15.9 Å². The number of fused-ring (bicyclic) bond motifs is 1. The van der Waals surface area contributed by atoms with Gasteiger partial charge < -0.3 is 15.5 Å². The van der Waals surface area contributed by atoms with E-state index in [1.54, 1.807) is 17.9 Å². The van der Waals surface area contributed by atoms with Crippen LogP contribution in [0.3, 0.4) is 0 Å². The lowest BCUT2D eigenvalue weighted by Gasteiger charge is -2.33. The fourth-order valence-corrected chi connectivity index (χ4v) is 4.61. The average Bonchev–Trinajstić information content (AvgIpc) is 3.07. The molecular formula is C20H20ClN5O2S. The Morgan fingerprint density at radius 2 is 2.07 bits per heavy atom. The molecule has 9 heteroatoms. The van der Waals surface area contributed by atoms with Gasteiger partial charge in [-0.15, -0.1) is 10.2 Å². The first-order chi connectivity index (χ1) is 14.0. The molecule has 3 aromatic rings. The number of benzene rings is 2. The number of anilines is 1. The summed E-state index contributed by atoms with van der Waals surface area (Å²) in [5, 5.41) is 11.9. The molecule has 0 aliphatic carbocycles. The number of carbonyl (C=O) groups is 1. The third kappa shape index (κ3) is 3.90. The minimum absolute atomic E-state index is 0.128. The number of halogens is 1. The van der Waals surface area contributed by atoms with E-state index in [1.807, 2.05) is 50.2 Å². The van der Waals surface area contributed by atoms with Crippen LogP contribution >= 0.6 is 23.4 Å². The van der Waals surface area contributed by atoms with Crippen LogP contribution in [0.25, 0.3) is 0 Å². The number of ether oxygens (including phenoxy) is 1. The van der Waals surface area contributed by atoms with Crippen molar-refractivity contribution in [3.05, 3.63) is 64.4 Å². The molecule has 1 aromatic heterocycles. The van der Waals surface area contributed by atoms with Gasteiger partial charge in [0.05, 0.1) is 18.2 Å². The Balaban J connectivity index is 1.68. The minimum Gasteiger partial charge on any atom is -0.495 e. The van der Waals surface area contributed by atoms with Gasteiger partial charge in [-0.2, -0.15) is 0 Å². The molecule has 2 unspecified atom stereocenters. The molecule has 0 fully saturated rings. The van der Waals surface area contributed by atoms with E-state index in [1.165, 1.54) is 11.8 Å². The molecule has 0 radical (unpaired) electrons. The molecule has 2 heterocycles. The van der Waals surface area contributed by atoms with Gasteiger partial charge in [0.15, 0.2) is 0 Å². The van der Waals surface area contributed by atoms with Crippen molar-refractivity contribution in [2.75, 3.05) is 17.9 Å². The highest BCUT2D eigenvalue weighted by atomic mass is 35.5. The third-order valence-corrected chi connectivity index (χ3v) is 6.19. The summed E-state index contributed by atoms with van der Waals surface area (Å²) in [6, 6.07) is 12.9. The van der Waals surface area contributed by atoms with Gasteiger partial charge in [-0.25, -0.2) is 4.68 Å². The second-order valence-corrected chi connectivity index (χ2v) is 8.28. The van der Waals surface area contributed by atoms with Gasteiger partial charge in [0.2, 0.25) is 11.1 Å². The SMILES string of the molecule is COc1ccc(C2Nn3c(C)nnc3SC2C(=O)Nc2cccc(C)c2)cc1Cl. The Labute approximate surface area is 177 Å². The van der Waals surface area contributed by atoms with Crippen molar-refractivity contribution in [3.63, 3.8) is 0 Å². The number of nitrogens with zero attached hydrogens (tertiary/aromatic N) is 3. The highest BCUT2D eigenvalue weighted by molar-refractivity contribution is 8.00. The first-order valence-electron chi connectivity index (χ1n) is 9.02. The molecule has 1 aliphatic heterocycles. The van der Waals surface area contributed by atoms with E-state index in [-0.39, 0.29) is 11.9 Å². The van der Waals surface area contributed by atoms with E-state index in [9.17, 15) is 4.79 Å². The molecule has 2 N–H and O–H groups in total. The van der Waals surface area contributed by atoms with Crippen molar-refractivity contribution < 1.29 is 9.53 Å². The van der Waals surface area contributed by atoms with E-state index in [0.717, 1.165) is 22.6 Å². The smallest absolute Gasteiger partial charge is 0.240 e. The molecule has 0 bridgehead atoms. The zero-order valence-corrected chi connectivity index (χ0v) is 17.7. The molecule has 150 valence electrons. The number of nitrogens with one attached hydrogen (secondary N) is 2. The fraction of sp³-hybridized carbons (Fsp3) is 0.250. The van der Waals surface area contributed by atoms with Crippen molar-refractivity contribution >= 4 is 35.0 Å². The number of amides is 1. The highest BCUT2D eigenvalue weighted by Crippen LogP contribution is 2.39. The first-order valence-corrected chi connectivity index (χ1v) is 10.3. The predicted molar refractivity (Wildman–Crippen MR) is 114 cm³/mol. The van der Waals surface area contributed by atoms with Gasteiger partial charge >= 0.3 is 0 Å². The number of methoxy groups -OCH3 is 1. The normalized spacial score (nSPS) is 17.9. The van der Waals surface area contributed by atoms with Crippen LogP contribution in [-0.4, -0.2) is 33.1 Å². The minimum atomic E-state index is -0.476. The molecule has 0 saturated heterocycles. The van der Waals surface area contributed by atoms with E-state index >= 15 is 0 Å². The maximum atomic E-state index is 13.2. The Bertz CT molecular complexity index is 1070. The van der Waals surface area contributed by atoms with Crippen molar-refractivity contribution in [1.82, 2.24) is 14.9 Å². The molecule has 0 spiro atoms. The van der Waals surface area contributed by atoms with E-state index in [2.05, 4.69) is 20.9 Å². The largest absolute Gasteiger partial charge is 0.495 e. The molecule has 29 heavy (non-hydrogen) atoms. The van der Waals surface area contributed by atoms with Crippen molar-refractivity contribution in [1.29, 1.82) is 0 Å². The molecule has 1 aliphatic rings. The van der Waals surface area contributed by atoms with Crippen LogP contribution in [-0.2, 0) is 4.79 Å². The zero-order valence-electron chi connectivity index (χ0n) is 16.1. The molecule has 0 saturated carbocycles. The Morgan fingerprint density at radius 3 is 2.79 bits per heavy atom. The number of aromatic nitrogens is 3. The van der Waals surface area contributed by atoms with Crippen LogP contribution in [0.5, 0.6) is 5.75 Å². The van der Waals surface area contributed by atoms with Crippen LogP contribution in [0.1, 0.15) is 23.0 Å². The van der Waals surface area contributed by atoms with E-state index in [4.69, 9.17) is 16.3 Å². The monoisotopic (exact) mass is 429 g/mol. The topological polar surface area (TPSA) is 81.1 Å². The summed E-state index contributed by atoms with van der Waals surface area (Å²) in [7, 11) is 1.57. The number of carbonyl (C=O) groups excluding carboxylic acids is 1. The van der Waals surface area contributed by atoms with Gasteiger partial charge in [-0.1, -0.05) is 41.6 Å². The Hall–Kier alpha value is -2.71. The summed E-state index contributed by atoms with van der Waals surface area (Å²) in [5.74, 6) is 1.17. The maximum absolute atomic E-state index is 13.2. The number of hydrogen-bond donors (Lipinski definition) is 2. The maximum Gasteiger partial charge on any atom is 0.240 e. The lowest BCUT2D eigenvalue weighted by molar-refractivity contribution is -0.116. The standard InChI is InChI=1S/C20H20ClN5O2S/c1-11-5-4-6-14(9-11)22-19(27)18-17(13-7-8-16(28-3)15(21)10-13)25-26-12(2)23-24-20(26)29-18/h4-10,17-18,25H,1-3H3,(H,22,27). The van der Waals surface area contributed by atoms with Crippen molar-refractivity contribution in [3.8, 4) is 5.75 Å². The summed E-state index contributed by atoms with van der Waals surface area (Å²) in [5.41, 5.74) is 6.06. The summed E-state index contributed by atoms with van der Waals surface area (Å²) < 4.78 is 7.05. The van der Waals surface area contributed by atoms with Gasteiger partial charge in [-0.05, 0) is 49.2 Å². The molecule has 7 nitrogen and oxygen atoms in total.